The van der Waals surface area contributed by atoms with Crippen molar-refractivity contribution >= 4 is 10.2 Å². The molecule has 0 aliphatic carbocycles. The van der Waals surface area contributed by atoms with Crippen LogP contribution in [0.1, 0.15) is 12.2 Å². The third kappa shape index (κ3) is 3.94. The summed E-state index contributed by atoms with van der Waals surface area (Å²) in [5.41, 5.74) is 0. The molecule has 1 aromatic heterocycles. The molecule has 0 radical (unpaired) electrons. The number of aromatic nitrogens is 3. The van der Waals surface area contributed by atoms with E-state index < -0.39 is 10.2 Å². The Balaban J connectivity index is 2.23. The topological polar surface area (TPSA) is 91.0 Å². The quantitative estimate of drug-likeness (QED) is 0.625. The van der Waals surface area contributed by atoms with Crippen LogP contribution in [0.5, 0.6) is 0 Å². The Morgan fingerprint density at radius 2 is 2.27 bits per heavy atom. The summed E-state index contributed by atoms with van der Waals surface area (Å²) in [4.78, 5) is 3.93. The van der Waals surface area contributed by atoms with Crippen molar-refractivity contribution in [2.75, 3.05) is 20.6 Å². The first-order valence-corrected chi connectivity index (χ1v) is 5.98. The van der Waals surface area contributed by atoms with Gasteiger partial charge in [0.1, 0.15) is 12.2 Å². The lowest BCUT2D eigenvalue weighted by Gasteiger charge is -2.11. The van der Waals surface area contributed by atoms with Crippen molar-refractivity contribution in [2.45, 2.75) is 12.8 Å². The smallest absolute Gasteiger partial charge is 0.263 e. The van der Waals surface area contributed by atoms with E-state index in [4.69, 9.17) is 0 Å². The fourth-order valence-corrected chi connectivity index (χ4v) is 1.60. The van der Waals surface area contributed by atoms with E-state index in [1.54, 1.807) is 0 Å². The van der Waals surface area contributed by atoms with Crippen LogP contribution in [0.15, 0.2) is 6.33 Å². The van der Waals surface area contributed by atoms with Crippen molar-refractivity contribution in [3.05, 3.63) is 12.2 Å². The van der Waals surface area contributed by atoms with Gasteiger partial charge in [0.05, 0.1) is 0 Å². The van der Waals surface area contributed by atoms with Gasteiger partial charge in [0.2, 0.25) is 0 Å². The molecular formula is C7H15N5O2S. The van der Waals surface area contributed by atoms with Crippen molar-refractivity contribution in [3.8, 4) is 0 Å². The van der Waals surface area contributed by atoms with E-state index in [9.17, 15) is 8.42 Å². The number of hydrogen-bond donors (Lipinski definition) is 2. The summed E-state index contributed by atoms with van der Waals surface area (Å²) in [6.45, 7) is 0.390. The lowest BCUT2D eigenvalue weighted by Crippen LogP contribution is -2.36. The van der Waals surface area contributed by atoms with Crippen LogP contribution in [-0.4, -0.2) is 48.5 Å². The van der Waals surface area contributed by atoms with Gasteiger partial charge in [-0.1, -0.05) is 0 Å². The summed E-state index contributed by atoms with van der Waals surface area (Å²) in [5, 5.41) is 6.40. The second-order valence-corrected chi connectivity index (χ2v) is 5.19. The summed E-state index contributed by atoms with van der Waals surface area (Å²) >= 11 is 0. The van der Waals surface area contributed by atoms with E-state index in [2.05, 4.69) is 19.9 Å². The zero-order valence-corrected chi connectivity index (χ0v) is 9.58. The normalized spacial score (nSPS) is 12.2. The molecule has 15 heavy (non-hydrogen) atoms. The summed E-state index contributed by atoms with van der Waals surface area (Å²) in [5.74, 6) is 0.763. The van der Waals surface area contributed by atoms with Crippen molar-refractivity contribution in [2.24, 2.45) is 0 Å². The van der Waals surface area contributed by atoms with Crippen molar-refractivity contribution in [3.63, 3.8) is 0 Å². The molecule has 0 saturated heterocycles. The van der Waals surface area contributed by atoms with Gasteiger partial charge in [-0.05, 0) is 6.42 Å². The van der Waals surface area contributed by atoms with Gasteiger partial charge in [0, 0.05) is 27.1 Å². The number of aromatic amines is 1. The molecule has 86 valence electrons. The average Bonchev–Trinajstić information content (AvgIpc) is 2.64. The van der Waals surface area contributed by atoms with Crippen molar-refractivity contribution in [1.82, 2.24) is 24.2 Å². The van der Waals surface area contributed by atoms with E-state index in [1.807, 2.05) is 0 Å². The zero-order valence-electron chi connectivity index (χ0n) is 8.77. The van der Waals surface area contributed by atoms with Crippen molar-refractivity contribution in [1.29, 1.82) is 0 Å². The van der Waals surface area contributed by atoms with E-state index in [-0.39, 0.29) is 0 Å². The minimum Gasteiger partial charge on any atom is -0.263 e. The van der Waals surface area contributed by atoms with Crippen LogP contribution in [-0.2, 0) is 16.6 Å². The lowest BCUT2D eigenvalue weighted by molar-refractivity contribution is 0.504. The third-order valence-electron chi connectivity index (χ3n) is 1.82. The Bertz CT molecular complexity index is 372. The van der Waals surface area contributed by atoms with Crippen LogP contribution in [0.2, 0.25) is 0 Å². The van der Waals surface area contributed by atoms with Crippen LogP contribution in [0, 0.1) is 0 Å². The maximum absolute atomic E-state index is 11.3. The first kappa shape index (κ1) is 12.1. The molecule has 0 saturated carbocycles. The Labute approximate surface area is 89.1 Å². The molecule has 0 aliphatic rings. The van der Waals surface area contributed by atoms with E-state index in [1.165, 1.54) is 20.4 Å². The molecule has 7 nitrogen and oxygen atoms in total. The Morgan fingerprint density at radius 3 is 2.80 bits per heavy atom. The number of nitrogens with one attached hydrogen (secondary N) is 2. The fraction of sp³-hybridized carbons (Fsp3) is 0.714. The number of hydrogen-bond acceptors (Lipinski definition) is 4. The van der Waals surface area contributed by atoms with Gasteiger partial charge in [-0.25, -0.2) is 9.71 Å². The van der Waals surface area contributed by atoms with Gasteiger partial charge in [0.25, 0.3) is 10.2 Å². The van der Waals surface area contributed by atoms with E-state index in [0.29, 0.717) is 19.4 Å². The molecular weight excluding hydrogens is 218 g/mol. The maximum Gasteiger partial charge on any atom is 0.278 e. The number of rotatable bonds is 6. The second-order valence-electron chi connectivity index (χ2n) is 3.22. The molecule has 8 heteroatoms. The second kappa shape index (κ2) is 5.19. The molecule has 0 spiro atoms. The maximum atomic E-state index is 11.3. The van der Waals surface area contributed by atoms with Crippen LogP contribution >= 0.6 is 0 Å². The Kier molecular flexibility index (Phi) is 4.18. The predicted octanol–water partition coefficient (Wildman–Crippen LogP) is -0.867. The minimum absolute atomic E-state index is 0.390. The highest BCUT2D eigenvalue weighted by Crippen LogP contribution is 1.93. The SMILES string of the molecule is CN(C)S(=O)(=O)NCCCc1ncn[nH]1. The third-order valence-corrected chi connectivity index (χ3v) is 3.35. The molecule has 0 aliphatic heterocycles. The molecule has 1 aromatic rings. The predicted molar refractivity (Wildman–Crippen MR) is 55.3 cm³/mol. The highest BCUT2D eigenvalue weighted by molar-refractivity contribution is 7.87. The van der Waals surface area contributed by atoms with Crippen molar-refractivity contribution < 1.29 is 8.42 Å². The zero-order chi connectivity index (χ0) is 11.3. The van der Waals surface area contributed by atoms with Crippen LogP contribution in [0.25, 0.3) is 0 Å². The van der Waals surface area contributed by atoms with Gasteiger partial charge in [-0.15, -0.1) is 0 Å². The Hall–Kier alpha value is -0.990. The summed E-state index contributed by atoms with van der Waals surface area (Å²) < 4.78 is 26.1. The Morgan fingerprint density at radius 1 is 1.53 bits per heavy atom. The van der Waals surface area contributed by atoms with Crippen LogP contribution < -0.4 is 4.72 Å². The van der Waals surface area contributed by atoms with Crippen LogP contribution in [0.3, 0.4) is 0 Å². The van der Waals surface area contributed by atoms with Crippen LogP contribution in [0.4, 0.5) is 0 Å². The molecule has 1 rings (SSSR count). The minimum atomic E-state index is -3.30. The first-order valence-electron chi connectivity index (χ1n) is 4.54. The molecule has 0 fully saturated rings. The lowest BCUT2D eigenvalue weighted by atomic mass is 10.3. The molecule has 0 unspecified atom stereocenters. The molecule has 0 amide bonds. The monoisotopic (exact) mass is 233 g/mol. The standard InChI is InChI=1S/C7H15N5O2S/c1-12(2)15(13,14)10-5-3-4-7-8-6-9-11-7/h6,10H,3-5H2,1-2H3,(H,8,9,11). The summed E-state index contributed by atoms with van der Waals surface area (Å²) in [6.07, 6.45) is 2.79. The molecule has 0 atom stereocenters. The van der Waals surface area contributed by atoms with Gasteiger partial charge in [-0.3, -0.25) is 5.10 Å². The number of H-pyrrole nitrogens is 1. The largest absolute Gasteiger partial charge is 0.278 e. The molecule has 0 aromatic carbocycles. The highest BCUT2D eigenvalue weighted by Gasteiger charge is 2.11. The molecule has 1 heterocycles. The highest BCUT2D eigenvalue weighted by atomic mass is 32.2. The van der Waals surface area contributed by atoms with E-state index in [0.717, 1.165) is 10.1 Å². The van der Waals surface area contributed by atoms with Gasteiger partial charge >= 0.3 is 0 Å². The summed E-state index contributed by atoms with van der Waals surface area (Å²) in [6, 6.07) is 0. The number of nitrogens with zero attached hydrogens (tertiary/aromatic N) is 3. The summed E-state index contributed by atoms with van der Waals surface area (Å²) in [7, 11) is -0.332. The average molecular weight is 233 g/mol. The molecule has 0 bridgehead atoms. The molecule has 2 N–H and O–H groups in total. The van der Waals surface area contributed by atoms with Gasteiger partial charge < -0.3 is 0 Å². The van der Waals surface area contributed by atoms with E-state index >= 15 is 0 Å². The fourth-order valence-electron chi connectivity index (χ4n) is 0.937. The number of aryl methyl sites for hydroxylation is 1. The first-order chi connectivity index (χ1) is 7.02. The van der Waals surface area contributed by atoms with Gasteiger partial charge in [-0.2, -0.15) is 17.8 Å². The van der Waals surface area contributed by atoms with Gasteiger partial charge in [0.15, 0.2) is 0 Å².